The fraction of sp³-hybridized carbons (Fsp3) is 0.111. The second-order valence-corrected chi connectivity index (χ2v) is 6.11. The summed E-state index contributed by atoms with van der Waals surface area (Å²) in [7, 11) is 0. The second kappa shape index (κ2) is 5.27. The minimum absolute atomic E-state index is 0.0104. The van der Waals surface area contributed by atoms with Crippen LogP contribution in [0.4, 0.5) is 5.69 Å². The molecule has 4 rings (SSSR count). The predicted molar refractivity (Wildman–Crippen MR) is 97.0 cm³/mol. The molecule has 0 aliphatic heterocycles. The third-order valence-electron chi connectivity index (χ3n) is 4.45. The van der Waals surface area contributed by atoms with Gasteiger partial charge in [-0.25, -0.2) is 0 Å². The summed E-state index contributed by atoms with van der Waals surface area (Å²) in [5, 5.41) is 17.0. The first kappa shape index (κ1) is 15.1. The zero-order chi connectivity index (χ0) is 17.7. The first-order chi connectivity index (χ1) is 12.0. The molecule has 0 bridgehead atoms. The van der Waals surface area contributed by atoms with Crippen molar-refractivity contribution in [1.29, 1.82) is 0 Å². The lowest BCUT2D eigenvalue weighted by atomic mass is 9.94. The zero-order valence-corrected chi connectivity index (χ0v) is 13.8. The molecule has 5 N–H and O–H groups in total. The summed E-state index contributed by atoms with van der Waals surface area (Å²) in [6.07, 6.45) is 1.79. The molecule has 0 spiro atoms. The summed E-state index contributed by atoms with van der Waals surface area (Å²) in [5.74, 6) is -0.690. The maximum atomic E-state index is 11.5. The first-order valence-electron chi connectivity index (χ1n) is 7.76. The molecule has 0 saturated heterocycles. The van der Waals surface area contributed by atoms with E-state index in [0.29, 0.717) is 10.9 Å². The maximum absolute atomic E-state index is 11.5. The molecule has 2 heterocycles. The standard InChI is InChI=1S/C18H16N6O/c1-8-3-4-12-14(19)17(18(20)25)24-23-16(12)13(8)10-5-9(2)15-11(6-10)7-21-22-15/h3-7H,1-2H3,(H2,19,23)(H2,20,25)(H,21,22). The van der Waals surface area contributed by atoms with Crippen LogP contribution >= 0.6 is 0 Å². The topological polar surface area (TPSA) is 124 Å². The lowest BCUT2D eigenvalue weighted by Gasteiger charge is -2.13. The van der Waals surface area contributed by atoms with Crippen molar-refractivity contribution >= 4 is 33.4 Å². The van der Waals surface area contributed by atoms with E-state index < -0.39 is 5.91 Å². The van der Waals surface area contributed by atoms with E-state index in [0.717, 1.165) is 33.2 Å². The molecule has 124 valence electrons. The van der Waals surface area contributed by atoms with E-state index in [1.165, 1.54) is 0 Å². The molecule has 7 heteroatoms. The van der Waals surface area contributed by atoms with Gasteiger partial charge in [-0.05, 0) is 42.7 Å². The number of benzene rings is 2. The normalized spacial score (nSPS) is 11.3. The molecule has 0 saturated carbocycles. The van der Waals surface area contributed by atoms with Crippen molar-refractivity contribution in [3.05, 3.63) is 47.3 Å². The minimum atomic E-state index is -0.690. The Bertz CT molecular complexity index is 1160. The summed E-state index contributed by atoms with van der Waals surface area (Å²) in [4.78, 5) is 11.5. The molecule has 0 aliphatic carbocycles. The van der Waals surface area contributed by atoms with E-state index in [9.17, 15) is 4.79 Å². The van der Waals surface area contributed by atoms with E-state index in [4.69, 9.17) is 11.5 Å². The van der Waals surface area contributed by atoms with Gasteiger partial charge < -0.3 is 11.5 Å². The van der Waals surface area contributed by atoms with Crippen LogP contribution < -0.4 is 11.5 Å². The largest absolute Gasteiger partial charge is 0.396 e. The number of aromatic amines is 1. The van der Waals surface area contributed by atoms with Gasteiger partial charge in [-0.3, -0.25) is 9.89 Å². The molecular weight excluding hydrogens is 316 g/mol. The van der Waals surface area contributed by atoms with Crippen molar-refractivity contribution in [1.82, 2.24) is 20.4 Å². The van der Waals surface area contributed by atoms with Gasteiger partial charge in [0.05, 0.1) is 17.4 Å². The van der Waals surface area contributed by atoms with Crippen molar-refractivity contribution in [3.8, 4) is 11.1 Å². The molecule has 2 aromatic heterocycles. The molecule has 4 aromatic rings. The number of nitrogens with two attached hydrogens (primary N) is 2. The van der Waals surface area contributed by atoms with Crippen molar-refractivity contribution in [2.75, 3.05) is 5.73 Å². The zero-order valence-electron chi connectivity index (χ0n) is 13.8. The van der Waals surface area contributed by atoms with Gasteiger partial charge >= 0.3 is 0 Å². The number of nitrogen functional groups attached to an aromatic ring is 1. The Morgan fingerprint density at radius 1 is 1.12 bits per heavy atom. The van der Waals surface area contributed by atoms with Crippen LogP contribution in [0.1, 0.15) is 21.6 Å². The van der Waals surface area contributed by atoms with Crippen LogP contribution in [-0.4, -0.2) is 26.3 Å². The van der Waals surface area contributed by atoms with Crippen molar-refractivity contribution in [2.24, 2.45) is 5.73 Å². The molecule has 0 fully saturated rings. The van der Waals surface area contributed by atoms with Gasteiger partial charge in [0.25, 0.3) is 5.91 Å². The number of aromatic nitrogens is 4. The van der Waals surface area contributed by atoms with Gasteiger partial charge in [-0.15, -0.1) is 10.2 Å². The predicted octanol–water partition coefficient (Wildman–Crippen LogP) is 2.47. The average Bonchev–Trinajstić information content (AvgIpc) is 3.03. The molecule has 0 unspecified atom stereocenters. The highest BCUT2D eigenvalue weighted by Gasteiger charge is 2.17. The fourth-order valence-electron chi connectivity index (χ4n) is 3.22. The van der Waals surface area contributed by atoms with E-state index in [1.54, 1.807) is 6.20 Å². The summed E-state index contributed by atoms with van der Waals surface area (Å²) in [6.45, 7) is 4.03. The number of hydrogen-bond donors (Lipinski definition) is 3. The summed E-state index contributed by atoms with van der Waals surface area (Å²) < 4.78 is 0. The Morgan fingerprint density at radius 3 is 2.68 bits per heavy atom. The summed E-state index contributed by atoms with van der Waals surface area (Å²) in [6, 6.07) is 7.92. The highest BCUT2D eigenvalue weighted by Crippen LogP contribution is 2.35. The number of carbonyl (C=O) groups is 1. The van der Waals surface area contributed by atoms with E-state index in [2.05, 4.69) is 26.5 Å². The lowest BCUT2D eigenvalue weighted by molar-refractivity contribution is 0.0996. The molecule has 25 heavy (non-hydrogen) atoms. The Labute approximate surface area is 143 Å². The number of carbonyl (C=O) groups excluding carboxylic acids is 1. The molecule has 0 radical (unpaired) electrons. The minimum Gasteiger partial charge on any atom is -0.396 e. The Kier molecular flexibility index (Phi) is 3.18. The van der Waals surface area contributed by atoms with E-state index >= 15 is 0 Å². The second-order valence-electron chi connectivity index (χ2n) is 6.11. The molecule has 0 atom stereocenters. The van der Waals surface area contributed by atoms with Crippen molar-refractivity contribution < 1.29 is 4.79 Å². The highest BCUT2D eigenvalue weighted by molar-refractivity contribution is 6.08. The van der Waals surface area contributed by atoms with Gasteiger partial charge in [-0.2, -0.15) is 5.10 Å². The molecule has 7 nitrogen and oxygen atoms in total. The number of nitrogens with one attached hydrogen (secondary N) is 1. The Balaban J connectivity index is 2.07. The van der Waals surface area contributed by atoms with Crippen LogP contribution in [0.5, 0.6) is 0 Å². The van der Waals surface area contributed by atoms with Crippen LogP contribution in [0, 0.1) is 13.8 Å². The summed E-state index contributed by atoms with van der Waals surface area (Å²) in [5.41, 5.74) is 17.4. The highest BCUT2D eigenvalue weighted by atomic mass is 16.1. The summed E-state index contributed by atoms with van der Waals surface area (Å²) >= 11 is 0. The van der Waals surface area contributed by atoms with Gasteiger partial charge in [0.2, 0.25) is 0 Å². The lowest BCUT2D eigenvalue weighted by Crippen LogP contribution is -2.16. The van der Waals surface area contributed by atoms with E-state index in [1.807, 2.05) is 32.0 Å². The first-order valence-corrected chi connectivity index (χ1v) is 7.76. The van der Waals surface area contributed by atoms with Crippen LogP contribution in [0.2, 0.25) is 0 Å². The van der Waals surface area contributed by atoms with Gasteiger partial charge in [-0.1, -0.05) is 12.1 Å². The quantitative estimate of drug-likeness (QED) is 0.520. The SMILES string of the molecule is Cc1ccc2c(N)c(C(N)=O)nnc2c1-c1cc(C)c2[nH]ncc2c1. The third-order valence-corrected chi connectivity index (χ3v) is 4.45. The monoisotopic (exact) mass is 332 g/mol. The number of hydrogen-bond acceptors (Lipinski definition) is 5. The number of H-pyrrole nitrogens is 1. The number of amides is 1. The van der Waals surface area contributed by atoms with Crippen LogP contribution in [0.3, 0.4) is 0 Å². The molecular formula is C18H16N6O. The van der Waals surface area contributed by atoms with Crippen molar-refractivity contribution in [3.63, 3.8) is 0 Å². The van der Waals surface area contributed by atoms with Crippen molar-refractivity contribution in [2.45, 2.75) is 13.8 Å². The van der Waals surface area contributed by atoms with Crippen LogP contribution in [0.15, 0.2) is 30.5 Å². The Morgan fingerprint density at radius 2 is 1.92 bits per heavy atom. The van der Waals surface area contributed by atoms with Crippen LogP contribution in [0.25, 0.3) is 32.9 Å². The number of rotatable bonds is 2. The maximum Gasteiger partial charge on any atom is 0.271 e. The van der Waals surface area contributed by atoms with E-state index in [-0.39, 0.29) is 11.4 Å². The third kappa shape index (κ3) is 2.20. The molecule has 1 amide bonds. The Hall–Kier alpha value is -3.48. The number of primary amides is 1. The molecule has 0 aliphatic rings. The average molecular weight is 332 g/mol. The number of nitrogens with zero attached hydrogens (tertiary/aromatic N) is 3. The number of aryl methyl sites for hydroxylation is 2. The smallest absolute Gasteiger partial charge is 0.271 e. The molecule has 2 aromatic carbocycles. The van der Waals surface area contributed by atoms with Gasteiger partial charge in [0.1, 0.15) is 5.52 Å². The number of fused-ring (bicyclic) bond motifs is 2. The van der Waals surface area contributed by atoms with Gasteiger partial charge in [0, 0.05) is 16.3 Å². The van der Waals surface area contributed by atoms with Crippen LogP contribution in [-0.2, 0) is 0 Å². The number of anilines is 1. The van der Waals surface area contributed by atoms with Gasteiger partial charge in [0.15, 0.2) is 5.69 Å². The fourth-order valence-corrected chi connectivity index (χ4v) is 3.22.